The number of imidazole rings is 1. The van der Waals surface area contributed by atoms with Crippen LogP contribution >= 0.6 is 24.8 Å². The molecule has 2 aliphatic heterocycles. The topological polar surface area (TPSA) is 82.3 Å². The molecule has 3 N–H and O–H groups in total. The van der Waals surface area contributed by atoms with Crippen LogP contribution in [0.1, 0.15) is 37.9 Å². The first kappa shape index (κ1) is 27.1. The lowest BCUT2D eigenvalue weighted by atomic mass is 9.61. The number of carbonyl (C=O) groups excluding carboxylic acids is 1. The highest BCUT2D eigenvalue weighted by Crippen LogP contribution is 2.46. The van der Waals surface area contributed by atoms with Gasteiger partial charge in [-0.1, -0.05) is 0 Å². The fourth-order valence-corrected chi connectivity index (χ4v) is 5.96. The van der Waals surface area contributed by atoms with E-state index in [4.69, 9.17) is 4.74 Å². The summed E-state index contributed by atoms with van der Waals surface area (Å²) in [5.74, 6) is 1.22. The number of aryl methyl sites for hydroxylation is 1. The number of hydrogen-bond acceptors (Lipinski definition) is 5. The lowest BCUT2D eigenvalue weighted by Gasteiger charge is -2.50. The molecule has 7 nitrogen and oxygen atoms in total. The van der Waals surface area contributed by atoms with E-state index < -0.39 is 0 Å². The lowest BCUT2D eigenvalue weighted by Crippen LogP contribution is -2.60. The average Bonchev–Trinajstić information content (AvgIpc) is 3.23. The Balaban J connectivity index is 0.00000162. The van der Waals surface area contributed by atoms with E-state index in [0.717, 1.165) is 94.8 Å². The van der Waals surface area contributed by atoms with Gasteiger partial charge in [0.15, 0.2) is 0 Å². The van der Waals surface area contributed by atoms with E-state index >= 15 is 0 Å². The van der Waals surface area contributed by atoms with E-state index in [1.807, 2.05) is 0 Å². The second-order valence-electron chi connectivity index (χ2n) is 9.60. The zero-order chi connectivity index (χ0) is 22.0. The molecule has 1 saturated carbocycles. The summed E-state index contributed by atoms with van der Waals surface area (Å²) in [6.45, 7) is 6.11. The predicted molar refractivity (Wildman–Crippen MR) is 135 cm³/mol. The molecule has 3 fully saturated rings. The van der Waals surface area contributed by atoms with Gasteiger partial charge in [-0.25, -0.2) is 9.37 Å². The first-order valence-corrected chi connectivity index (χ1v) is 12.1. The molecule has 0 radical (unpaired) electrons. The first-order chi connectivity index (χ1) is 15.6. The summed E-state index contributed by atoms with van der Waals surface area (Å²) >= 11 is 0. The van der Waals surface area contributed by atoms with Gasteiger partial charge in [-0.05, 0) is 62.8 Å². The van der Waals surface area contributed by atoms with Gasteiger partial charge in [0, 0.05) is 38.6 Å². The van der Waals surface area contributed by atoms with Crippen molar-refractivity contribution in [1.82, 2.24) is 25.5 Å². The van der Waals surface area contributed by atoms with Crippen molar-refractivity contribution in [3.8, 4) is 0 Å². The van der Waals surface area contributed by atoms with Crippen molar-refractivity contribution in [3.05, 3.63) is 29.8 Å². The van der Waals surface area contributed by atoms with Crippen molar-refractivity contribution < 1.29 is 13.9 Å². The van der Waals surface area contributed by atoms with Crippen LogP contribution < -0.4 is 10.6 Å². The van der Waals surface area contributed by atoms with Gasteiger partial charge in [-0.3, -0.25) is 9.69 Å². The molecule has 190 valence electrons. The molecular formula is C24H36Cl2FN5O2. The monoisotopic (exact) mass is 515 g/mol. The Labute approximate surface area is 212 Å². The SMILES string of the molecule is Cl.Cl.O=C(NCCCc1nc2ccc(F)cc2[nH]1)[C@@]12CC[C@H](N3CCOCC3)C[C@H]1CCNC2. The highest BCUT2D eigenvalue weighted by molar-refractivity contribution is 5.85. The molecule has 3 atom stereocenters. The van der Waals surface area contributed by atoms with Gasteiger partial charge in [-0.15, -0.1) is 24.8 Å². The number of amides is 1. The number of benzene rings is 1. The van der Waals surface area contributed by atoms with Crippen LogP contribution in [0.3, 0.4) is 0 Å². The molecule has 0 unspecified atom stereocenters. The summed E-state index contributed by atoms with van der Waals surface area (Å²) in [5.41, 5.74) is 1.21. The fraction of sp³-hybridized carbons (Fsp3) is 0.667. The number of morpholine rings is 1. The Morgan fingerprint density at radius 1 is 1.26 bits per heavy atom. The number of H-pyrrole nitrogens is 1. The molecule has 5 rings (SSSR count). The Kier molecular flexibility index (Phi) is 9.57. The molecule has 0 bridgehead atoms. The summed E-state index contributed by atoms with van der Waals surface area (Å²) in [4.78, 5) is 23.7. The zero-order valence-corrected chi connectivity index (χ0v) is 21.1. The largest absolute Gasteiger partial charge is 0.379 e. The Bertz CT molecular complexity index is 955. The highest BCUT2D eigenvalue weighted by atomic mass is 35.5. The van der Waals surface area contributed by atoms with Gasteiger partial charge >= 0.3 is 0 Å². The zero-order valence-electron chi connectivity index (χ0n) is 19.5. The molecule has 34 heavy (non-hydrogen) atoms. The Morgan fingerprint density at radius 3 is 2.91 bits per heavy atom. The number of halogens is 3. The average molecular weight is 516 g/mol. The van der Waals surface area contributed by atoms with Crippen molar-refractivity contribution in [2.45, 2.75) is 44.6 Å². The molecular weight excluding hydrogens is 480 g/mol. The molecule has 1 amide bonds. The van der Waals surface area contributed by atoms with Gasteiger partial charge in [0.25, 0.3) is 0 Å². The van der Waals surface area contributed by atoms with Crippen molar-refractivity contribution >= 4 is 41.8 Å². The van der Waals surface area contributed by atoms with Gasteiger partial charge < -0.3 is 20.4 Å². The minimum absolute atomic E-state index is 0. The fourth-order valence-electron chi connectivity index (χ4n) is 5.96. The van der Waals surface area contributed by atoms with Crippen LogP contribution in [0.2, 0.25) is 0 Å². The molecule has 0 spiro atoms. The highest BCUT2D eigenvalue weighted by Gasteiger charge is 2.50. The Hall–Kier alpha value is -1.45. The summed E-state index contributed by atoms with van der Waals surface area (Å²) in [6, 6.07) is 5.17. The lowest BCUT2D eigenvalue weighted by molar-refractivity contribution is -0.140. The van der Waals surface area contributed by atoms with E-state index in [9.17, 15) is 9.18 Å². The molecule has 2 aromatic rings. The smallest absolute Gasteiger partial charge is 0.227 e. The van der Waals surface area contributed by atoms with Crippen molar-refractivity contribution in [2.75, 3.05) is 45.9 Å². The normalized spacial score (nSPS) is 27.3. The van der Waals surface area contributed by atoms with Gasteiger partial charge in [-0.2, -0.15) is 0 Å². The number of piperidine rings is 1. The number of rotatable bonds is 6. The molecule has 3 heterocycles. The van der Waals surface area contributed by atoms with Crippen LogP contribution in [0, 0.1) is 17.2 Å². The number of aromatic amines is 1. The van der Waals surface area contributed by atoms with Crippen molar-refractivity contribution in [2.24, 2.45) is 11.3 Å². The minimum atomic E-state index is -0.280. The van der Waals surface area contributed by atoms with Gasteiger partial charge in [0.05, 0.1) is 29.7 Å². The second kappa shape index (κ2) is 12.0. The maximum atomic E-state index is 13.4. The van der Waals surface area contributed by atoms with Crippen LogP contribution in [0.15, 0.2) is 18.2 Å². The maximum absolute atomic E-state index is 13.4. The van der Waals surface area contributed by atoms with Gasteiger partial charge in [0.1, 0.15) is 11.6 Å². The third kappa shape index (κ3) is 5.68. The molecule has 3 aliphatic rings. The molecule has 1 aromatic heterocycles. The molecule has 10 heteroatoms. The van der Waals surface area contributed by atoms with E-state index in [2.05, 4.69) is 25.5 Å². The van der Waals surface area contributed by atoms with E-state index in [-0.39, 0.29) is 42.0 Å². The summed E-state index contributed by atoms with van der Waals surface area (Å²) in [5, 5.41) is 6.73. The second-order valence-corrected chi connectivity index (χ2v) is 9.60. The molecule has 1 aromatic carbocycles. The quantitative estimate of drug-likeness (QED) is 0.515. The van der Waals surface area contributed by atoms with E-state index in [1.165, 1.54) is 12.1 Å². The van der Waals surface area contributed by atoms with Crippen molar-refractivity contribution in [3.63, 3.8) is 0 Å². The van der Waals surface area contributed by atoms with Crippen LogP contribution in [-0.4, -0.2) is 72.8 Å². The van der Waals surface area contributed by atoms with Crippen LogP contribution in [0.4, 0.5) is 4.39 Å². The summed E-state index contributed by atoms with van der Waals surface area (Å²) in [6.07, 6.45) is 5.76. The van der Waals surface area contributed by atoms with Crippen molar-refractivity contribution in [1.29, 1.82) is 0 Å². The summed E-state index contributed by atoms with van der Waals surface area (Å²) < 4.78 is 18.9. The third-order valence-corrected chi connectivity index (χ3v) is 7.75. The van der Waals surface area contributed by atoms with E-state index in [0.29, 0.717) is 18.5 Å². The number of nitrogens with one attached hydrogen (secondary N) is 3. The number of nitrogens with zero attached hydrogens (tertiary/aromatic N) is 2. The number of aromatic nitrogens is 2. The Morgan fingerprint density at radius 2 is 2.09 bits per heavy atom. The molecule has 1 aliphatic carbocycles. The molecule has 2 saturated heterocycles. The predicted octanol–water partition coefficient (Wildman–Crippen LogP) is 3.08. The number of ether oxygens (including phenoxy) is 1. The maximum Gasteiger partial charge on any atom is 0.227 e. The first-order valence-electron chi connectivity index (χ1n) is 12.1. The minimum Gasteiger partial charge on any atom is -0.379 e. The van der Waals surface area contributed by atoms with Crippen LogP contribution in [0.5, 0.6) is 0 Å². The third-order valence-electron chi connectivity index (χ3n) is 7.75. The number of carbonyl (C=O) groups is 1. The standard InChI is InChI=1S/C24H34FN5O2.2ClH/c25-18-3-4-20-21(15-18)29-22(28-20)2-1-8-27-23(31)24-7-5-19(30-10-12-32-13-11-30)14-17(24)6-9-26-16-24;;/h3-4,15,17,19,26H,1-2,5-14,16H2,(H,27,31)(H,28,29);2*1H/t17-,19+,24-;;/m1../s1. The van der Waals surface area contributed by atoms with E-state index in [1.54, 1.807) is 6.07 Å². The number of hydrogen-bond donors (Lipinski definition) is 3. The van der Waals surface area contributed by atoms with Crippen LogP contribution in [0.25, 0.3) is 11.0 Å². The number of fused-ring (bicyclic) bond motifs is 2. The summed E-state index contributed by atoms with van der Waals surface area (Å²) in [7, 11) is 0. The van der Waals surface area contributed by atoms with Crippen LogP contribution in [-0.2, 0) is 16.0 Å². The van der Waals surface area contributed by atoms with Gasteiger partial charge in [0.2, 0.25) is 5.91 Å².